The maximum Gasteiger partial charge on any atom is 0.136 e. The van der Waals surface area contributed by atoms with E-state index < -0.39 is 0 Å². The van der Waals surface area contributed by atoms with E-state index in [0.717, 1.165) is 30.4 Å². The molecule has 0 heterocycles. The zero-order valence-electron chi connectivity index (χ0n) is 15.2. The zero-order chi connectivity index (χ0) is 17.6. The largest absolute Gasteiger partial charge is 0.299 e. The van der Waals surface area contributed by atoms with Crippen LogP contribution in [-0.2, 0) is 4.79 Å². The Morgan fingerprint density at radius 1 is 1.04 bits per heavy atom. The van der Waals surface area contributed by atoms with Crippen LogP contribution in [0.4, 0.5) is 0 Å². The molecule has 1 saturated carbocycles. The number of Topliss-reactive ketones (excluding diaryl/α,β-unsaturated/α-hetero) is 1. The van der Waals surface area contributed by atoms with Crippen molar-refractivity contribution in [2.45, 2.75) is 51.4 Å². The van der Waals surface area contributed by atoms with Crippen molar-refractivity contribution in [2.75, 3.05) is 0 Å². The Morgan fingerprint density at radius 3 is 2.36 bits per heavy atom. The van der Waals surface area contributed by atoms with Crippen LogP contribution < -0.4 is 0 Å². The van der Waals surface area contributed by atoms with Crippen LogP contribution in [0.1, 0.15) is 68.1 Å². The molecule has 1 unspecified atom stereocenters. The minimum atomic E-state index is 0.282. The van der Waals surface area contributed by atoms with Crippen LogP contribution in [0, 0.1) is 5.92 Å². The Hall–Kier alpha value is -2.15. The highest BCUT2D eigenvalue weighted by Gasteiger charge is 2.26. The van der Waals surface area contributed by atoms with Crippen LogP contribution in [0.2, 0.25) is 0 Å². The lowest BCUT2D eigenvalue weighted by molar-refractivity contribution is -0.123. The molecule has 0 aromatic heterocycles. The van der Waals surface area contributed by atoms with Gasteiger partial charge >= 0.3 is 0 Å². The summed E-state index contributed by atoms with van der Waals surface area (Å²) in [7, 11) is 0. The van der Waals surface area contributed by atoms with Crippen LogP contribution in [0.25, 0.3) is 5.57 Å². The van der Waals surface area contributed by atoms with Gasteiger partial charge in [-0.15, -0.1) is 0 Å². The van der Waals surface area contributed by atoms with Crippen LogP contribution >= 0.6 is 0 Å². The summed E-state index contributed by atoms with van der Waals surface area (Å²) in [6, 6.07) is 18.8. The average molecular weight is 332 g/mol. The summed E-state index contributed by atoms with van der Waals surface area (Å²) in [6.07, 6.45) is 6.27. The summed E-state index contributed by atoms with van der Waals surface area (Å²) < 4.78 is 0. The molecule has 2 aromatic carbocycles. The molecular weight excluding hydrogens is 304 g/mol. The number of carbonyl (C=O) groups excluding carboxylic acids is 1. The normalized spacial score (nSPS) is 15.9. The maximum atomic E-state index is 12.7. The van der Waals surface area contributed by atoms with Gasteiger partial charge in [-0.1, -0.05) is 80.9 Å². The molecule has 2 aromatic rings. The second-order valence-corrected chi connectivity index (χ2v) is 7.19. The summed E-state index contributed by atoms with van der Waals surface area (Å²) in [5.74, 6) is 1.05. The van der Waals surface area contributed by atoms with Gasteiger partial charge in [-0.25, -0.2) is 0 Å². The Labute approximate surface area is 151 Å². The third-order valence-electron chi connectivity index (χ3n) is 5.60. The van der Waals surface area contributed by atoms with E-state index in [1.807, 2.05) is 18.2 Å². The first kappa shape index (κ1) is 17.7. The van der Waals surface area contributed by atoms with E-state index in [1.54, 1.807) is 0 Å². The van der Waals surface area contributed by atoms with Gasteiger partial charge < -0.3 is 0 Å². The fraction of sp³-hybridized carbons (Fsp3) is 0.375. The summed E-state index contributed by atoms with van der Waals surface area (Å²) in [4.78, 5) is 12.7. The molecule has 1 nitrogen and oxygen atoms in total. The van der Waals surface area contributed by atoms with E-state index in [4.69, 9.17) is 0 Å². The molecule has 1 heteroatoms. The molecule has 1 fully saturated rings. The molecule has 0 N–H and O–H groups in total. The number of benzene rings is 2. The van der Waals surface area contributed by atoms with Crippen molar-refractivity contribution >= 4 is 11.4 Å². The van der Waals surface area contributed by atoms with Gasteiger partial charge in [0, 0.05) is 12.3 Å². The molecule has 0 radical (unpaired) electrons. The third kappa shape index (κ3) is 4.10. The number of ketones is 1. The molecule has 3 rings (SSSR count). The Morgan fingerprint density at radius 2 is 1.68 bits per heavy atom. The highest BCUT2D eigenvalue weighted by molar-refractivity contribution is 5.83. The number of carbonyl (C=O) groups is 1. The highest BCUT2D eigenvalue weighted by Crippen LogP contribution is 2.35. The predicted octanol–water partition coefficient (Wildman–Crippen LogP) is 6.39. The van der Waals surface area contributed by atoms with Gasteiger partial charge in [0.25, 0.3) is 0 Å². The maximum absolute atomic E-state index is 12.7. The predicted molar refractivity (Wildman–Crippen MR) is 106 cm³/mol. The zero-order valence-corrected chi connectivity index (χ0v) is 15.2. The molecule has 0 saturated heterocycles. The molecule has 1 aliphatic rings. The standard InChI is InChI=1S/C24H28O/c1-3-19(17-24(25)21-13-7-8-14-21)23-16-10-9-15-22(23)18(2)20-11-5-4-6-12-20/h4-6,9-12,15-16,19,21H,2-3,7-8,13-14,17H2,1H3. The molecule has 1 aliphatic carbocycles. The second-order valence-electron chi connectivity index (χ2n) is 7.19. The molecule has 1 atom stereocenters. The summed E-state index contributed by atoms with van der Waals surface area (Å²) in [5, 5.41) is 0. The van der Waals surface area contributed by atoms with Gasteiger partial charge in [0.2, 0.25) is 0 Å². The van der Waals surface area contributed by atoms with Crippen molar-refractivity contribution in [1.82, 2.24) is 0 Å². The smallest absolute Gasteiger partial charge is 0.136 e. The van der Waals surface area contributed by atoms with Crippen LogP contribution in [-0.4, -0.2) is 5.78 Å². The van der Waals surface area contributed by atoms with Gasteiger partial charge in [-0.3, -0.25) is 4.79 Å². The summed E-state index contributed by atoms with van der Waals surface area (Å²) in [6.45, 7) is 6.53. The average Bonchev–Trinajstić information content (AvgIpc) is 3.21. The van der Waals surface area contributed by atoms with Crippen LogP contribution in [0.15, 0.2) is 61.2 Å². The van der Waals surface area contributed by atoms with Gasteiger partial charge in [0.1, 0.15) is 5.78 Å². The molecular formula is C24H28O. The van der Waals surface area contributed by atoms with Gasteiger partial charge in [0.05, 0.1) is 0 Å². The van der Waals surface area contributed by atoms with E-state index in [-0.39, 0.29) is 5.92 Å². The molecule has 0 amide bonds. The lowest BCUT2D eigenvalue weighted by Crippen LogP contribution is -2.15. The molecule has 0 bridgehead atoms. The van der Waals surface area contributed by atoms with E-state index in [2.05, 4.69) is 49.9 Å². The Kier molecular flexibility index (Phi) is 5.86. The molecule has 0 aliphatic heterocycles. The second kappa shape index (κ2) is 8.29. The number of hydrogen-bond acceptors (Lipinski definition) is 1. The van der Waals surface area contributed by atoms with Gasteiger partial charge in [-0.2, -0.15) is 0 Å². The summed E-state index contributed by atoms with van der Waals surface area (Å²) >= 11 is 0. The van der Waals surface area contributed by atoms with Crippen molar-refractivity contribution in [3.8, 4) is 0 Å². The first-order chi connectivity index (χ1) is 12.2. The topological polar surface area (TPSA) is 17.1 Å². The van der Waals surface area contributed by atoms with E-state index in [0.29, 0.717) is 18.1 Å². The van der Waals surface area contributed by atoms with Crippen molar-refractivity contribution in [3.63, 3.8) is 0 Å². The lowest BCUT2D eigenvalue weighted by Gasteiger charge is -2.21. The van der Waals surface area contributed by atoms with Crippen LogP contribution in [0.3, 0.4) is 0 Å². The first-order valence-electron chi connectivity index (χ1n) is 9.57. The van der Waals surface area contributed by atoms with Crippen molar-refractivity contribution in [1.29, 1.82) is 0 Å². The Bertz CT molecular complexity index is 723. The fourth-order valence-corrected chi connectivity index (χ4v) is 4.05. The molecule has 25 heavy (non-hydrogen) atoms. The fourth-order valence-electron chi connectivity index (χ4n) is 4.05. The third-order valence-corrected chi connectivity index (χ3v) is 5.60. The summed E-state index contributed by atoms with van der Waals surface area (Å²) in [5.41, 5.74) is 4.64. The van der Waals surface area contributed by atoms with E-state index in [1.165, 1.54) is 24.0 Å². The molecule has 130 valence electrons. The van der Waals surface area contributed by atoms with Crippen molar-refractivity contribution < 1.29 is 4.79 Å². The Balaban J connectivity index is 1.85. The lowest BCUT2D eigenvalue weighted by atomic mass is 9.82. The van der Waals surface area contributed by atoms with E-state index in [9.17, 15) is 4.79 Å². The minimum Gasteiger partial charge on any atom is -0.299 e. The number of hydrogen-bond donors (Lipinski definition) is 0. The van der Waals surface area contributed by atoms with Gasteiger partial charge in [0.15, 0.2) is 0 Å². The monoisotopic (exact) mass is 332 g/mol. The number of rotatable bonds is 7. The van der Waals surface area contributed by atoms with Gasteiger partial charge in [-0.05, 0) is 47.4 Å². The van der Waals surface area contributed by atoms with Crippen molar-refractivity contribution in [3.05, 3.63) is 77.9 Å². The first-order valence-corrected chi connectivity index (χ1v) is 9.57. The van der Waals surface area contributed by atoms with Crippen LogP contribution in [0.5, 0.6) is 0 Å². The quantitative estimate of drug-likeness (QED) is 0.574. The minimum absolute atomic E-state index is 0.282. The van der Waals surface area contributed by atoms with Crippen molar-refractivity contribution in [2.24, 2.45) is 5.92 Å². The van der Waals surface area contributed by atoms with E-state index >= 15 is 0 Å². The SMILES string of the molecule is C=C(c1ccccc1)c1ccccc1C(CC)CC(=O)C1CCCC1. The molecule has 0 spiro atoms. The highest BCUT2D eigenvalue weighted by atomic mass is 16.1.